The molecule has 0 bridgehead atoms. The summed E-state index contributed by atoms with van der Waals surface area (Å²) in [6, 6.07) is -0.0541. The Kier molecular flexibility index (Phi) is 9.57. The summed E-state index contributed by atoms with van der Waals surface area (Å²) in [7, 11) is 0. The number of nitrogens with zero attached hydrogens (tertiary/aromatic N) is 3. The molecule has 0 saturated heterocycles. The van der Waals surface area contributed by atoms with E-state index in [0.29, 0.717) is 24.2 Å². The predicted molar refractivity (Wildman–Crippen MR) is 112 cm³/mol. The second-order valence-corrected chi connectivity index (χ2v) is 8.19. The molecule has 1 heterocycles. The molecule has 144 valence electrons. The highest BCUT2D eigenvalue weighted by Crippen LogP contribution is 2.21. The van der Waals surface area contributed by atoms with Crippen molar-refractivity contribution in [3.8, 4) is 0 Å². The Hall–Kier alpha value is -1.01. The van der Waals surface area contributed by atoms with Crippen LogP contribution in [0.3, 0.4) is 0 Å². The third-order valence-corrected chi connectivity index (χ3v) is 5.73. The van der Waals surface area contributed by atoms with E-state index in [4.69, 9.17) is 0 Å². The molecule has 1 rings (SSSR count). The molecule has 0 spiro atoms. The number of nitrogens with one attached hydrogen (secondary N) is 1. The average molecular weight is 368 g/mol. The van der Waals surface area contributed by atoms with E-state index in [9.17, 15) is 5.21 Å². The summed E-state index contributed by atoms with van der Waals surface area (Å²) in [6.07, 6.45) is 7.18. The van der Waals surface area contributed by atoms with Gasteiger partial charge in [-0.1, -0.05) is 51.1 Å². The van der Waals surface area contributed by atoms with Gasteiger partial charge in [-0.25, -0.2) is 0 Å². The van der Waals surface area contributed by atoms with E-state index in [0.717, 1.165) is 30.1 Å². The predicted octanol–water partition coefficient (Wildman–Crippen LogP) is 4.45. The van der Waals surface area contributed by atoms with Gasteiger partial charge in [-0.15, -0.1) is 0 Å². The number of rotatable bonds is 9. The quantitative estimate of drug-likeness (QED) is 0.283. The molecule has 0 aromatic rings. The lowest BCUT2D eigenvalue weighted by Gasteiger charge is -2.37. The van der Waals surface area contributed by atoms with E-state index in [1.807, 2.05) is 0 Å². The van der Waals surface area contributed by atoms with E-state index in [1.54, 1.807) is 18.1 Å². The summed E-state index contributed by atoms with van der Waals surface area (Å²) in [5.41, 5.74) is 1.29. The minimum absolute atomic E-state index is 0.0541. The number of hydrogen-bond acceptors (Lipinski definition) is 5. The minimum atomic E-state index is -0.184. The topological polar surface area (TPSA) is 63.0 Å². The van der Waals surface area contributed by atoms with Crippen molar-refractivity contribution in [2.45, 2.75) is 72.4 Å². The zero-order chi connectivity index (χ0) is 18.9. The van der Waals surface area contributed by atoms with Crippen LogP contribution in [0.5, 0.6) is 0 Å². The zero-order valence-corrected chi connectivity index (χ0v) is 17.5. The maximum atomic E-state index is 12.7. The fourth-order valence-electron chi connectivity index (χ4n) is 2.63. The lowest BCUT2D eigenvalue weighted by molar-refractivity contribution is 0.354. The van der Waals surface area contributed by atoms with E-state index in [1.165, 1.54) is 5.57 Å². The Balaban J connectivity index is 2.67. The minimum Gasteiger partial charge on any atom is -0.757 e. The van der Waals surface area contributed by atoms with Crippen LogP contribution in [0, 0.1) is 11.1 Å². The Labute approximate surface area is 158 Å². The van der Waals surface area contributed by atoms with Crippen molar-refractivity contribution in [3.63, 3.8) is 0 Å². The number of amidine groups is 1. The molecule has 1 aliphatic rings. The Bertz CT molecular complexity index is 482. The summed E-state index contributed by atoms with van der Waals surface area (Å²) in [5.74, 6) is 1.31. The molecule has 0 aliphatic carbocycles. The van der Waals surface area contributed by atoms with Gasteiger partial charge < -0.3 is 15.6 Å². The first-order valence-corrected chi connectivity index (χ1v) is 10.4. The van der Waals surface area contributed by atoms with Crippen LogP contribution in [-0.2, 0) is 0 Å². The van der Waals surface area contributed by atoms with Crippen molar-refractivity contribution in [2.75, 3.05) is 18.8 Å². The summed E-state index contributed by atoms with van der Waals surface area (Å²) in [5, 5.41) is 17.5. The molecular formula is C19H35N4OS-. The molecule has 2 unspecified atom stereocenters. The molecule has 0 saturated carbocycles. The lowest BCUT2D eigenvalue weighted by Crippen LogP contribution is -2.47. The number of hydroxylamine groups is 2. The van der Waals surface area contributed by atoms with Crippen LogP contribution >= 0.6 is 11.8 Å². The standard InChI is InChI=1S/C19H35N4OS/c1-7-10-20-18(25-13-15(4)11-16(8-2)9-3)23(24)12-17-19(5,6)22-14-21-17/h11,14-15,17H,7-10,12-13H2,1-6H3,(H,21,22)/q-1. The van der Waals surface area contributed by atoms with Gasteiger partial charge in [0.2, 0.25) is 0 Å². The van der Waals surface area contributed by atoms with E-state index in [-0.39, 0.29) is 11.6 Å². The first-order chi connectivity index (χ1) is 11.8. The van der Waals surface area contributed by atoms with Crippen LogP contribution in [0.15, 0.2) is 21.6 Å². The highest BCUT2D eigenvalue weighted by atomic mass is 32.2. The van der Waals surface area contributed by atoms with E-state index < -0.39 is 0 Å². The normalized spacial score (nSPS) is 20.3. The maximum absolute atomic E-state index is 12.7. The molecule has 0 aromatic carbocycles. The molecule has 0 amide bonds. The molecule has 0 radical (unpaired) electrons. The summed E-state index contributed by atoms with van der Waals surface area (Å²) >= 11 is 1.57. The number of hydrogen-bond donors (Lipinski definition) is 1. The highest BCUT2D eigenvalue weighted by molar-refractivity contribution is 8.13. The highest BCUT2D eigenvalue weighted by Gasteiger charge is 2.32. The number of aliphatic imine (C=N–C) groups is 2. The smallest absolute Gasteiger partial charge is 0.148 e. The largest absolute Gasteiger partial charge is 0.757 e. The molecule has 6 heteroatoms. The second-order valence-electron chi connectivity index (χ2n) is 7.21. The molecular weight excluding hydrogens is 332 g/mol. The third-order valence-electron chi connectivity index (χ3n) is 4.45. The molecule has 25 heavy (non-hydrogen) atoms. The van der Waals surface area contributed by atoms with Gasteiger partial charge in [0.1, 0.15) is 5.17 Å². The fourth-order valence-corrected chi connectivity index (χ4v) is 3.54. The second kappa shape index (κ2) is 10.9. The van der Waals surface area contributed by atoms with Crippen LogP contribution in [-0.4, -0.2) is 47.0 Å². The fraction of sp³-hybridized carbons (Fsp3) is 0.789. The van der Waals surface area contributed by atoms with Gasteiger partial charge in [-0.2, -0.15) is 0 Å². The Morgan fingerprint density at radius 1 is 1.40 bits per heavy atom. The first kappa shape index (κ1) is 22.0. The molecule has 1 aliphatic heterocycles. The van der Waals surface area contributed by atoms with Crippen LogP contribution < -0.4 is 5.32 Å². The van der Waals surface area contributed by atoms with Gasteiger partial charge in [0.05, 0.1) is 17.9 Å². The monoisotopic (exact) mass is 367 g/mol. The molecule has 2 atom stereocenters. The van der Waals surface area contributed by atoms with Crippen molar-refractivity contribution in [1.82, 2.24) is 10.4 Å². The summed E-state index contributed by atoms with van der Waals surface area (Å²) < 4.78 is 0. The van der Waals surface area contributed by atoms with Crippen LogP contribution in [0.25, 0.3) is 0 Å². The third kappa shape index (κ3) is 7.40. The van der Waals surface area contributed by atoms with E-state index >= 15 is 0 Å². The van der Waals surface area contributed by atoms with E-state index in [2.05, 4.69) is 62.9 Å². The van der Waals surface area contributed by atoms with Crippen molar-refractivity contribution < 1.29 is 0 Å². The summed E-state index contributed by atoms with van der Waals surface area (Å²) in [6.45, 7) is 13.8. The molecule has 5 nitrogen and oxygen atoms in total. The zero-order valence-electron chi connectivity index (χ0n) is 16.7. The van der Waals surface area contributed by atoms with Crippen LogP contribution in [0.1, 0.15) is 60.8 Å². The number of thioether (sulfide) groups is 1. The van der Waals surface area contributed by atoms with Crippen molar-refractivity contribution in [3.05, 3.63) is 16.9 Å². The van der Waals surface area contributed by atoms with Gasteiger partial charge in [0, 0.05) is 18.8 Å². The molecule has 1 N–H and O–H groups in total. The lowest BCUT2D eigenvalue weighted by atomic mass is 9.97. The van der Waals surface area contributed by atoms with Crippen LogP contribution in [0.2, 0.25) is 0 Å². The Morgan fingerprint density at radius 2 is 2.08 bits per heavy atom. The average Bonchev–Trinajstić information content (AvgIpc) is 2.90. The molecule has 0 fully saturated rings. The Morgan fingerprint density at radius 3 is 2.60 bits per heavy atom. The maximum Gasteiger partial charge on any atom is 0.148 e. The van der Waals surface area contributed by atoms with Gasteiger partial charge in [-0.05, 0) is 39.0 Å². The van der Waals surface area contributed by atoms with Gasteiger partial charge in [-0.3, -0.25) is 9.98 Å². The van der Waals surface area contributed by atoms with Crippen molar-refractivity contribution in [2.24, 2.45) is 15.9 Å². The first-order valence-electron chi connectivity index (χ1n) is 9.44. The summed E-state index contributed by atoms with van der Waals surface area (Å²) in [4.78, 5) is 8.92. The van der Waals surface area contributed by atoms with Gasteiger partial charge in [0.15, 0.2) is 0 Å². The van der Waals surface area contributed by atoms with Crippen molar-refractivity contribution >= 4 is 23.3 Å². The SMILES string of the molecule is CCCN=C(SCC(C)C=C(CC)CC)N([O-])CC1N=CNC1(C)C. The molecule has 0 aromatic heterocycles. The number of allylic oxidation sites excluding steroid dienone is 2. The van der Waals surface area contributed by atoms with Crippen LogP contribution in [0.4, 0.5) is 0 Å². The van der Waals surface area contributed by atoms with Gasteiger partial charge >= 0.3 is 0 Å². The van der Waals surface area contributed by atoms with Crippen molar-refractivity contribution in [1.29, 1.82) is 0 Å². The van der Waals surface area contributed by atoms with Gasteiger partial charge in [0.25, 0.3) is 0 Å².